The molecule has 1 aliphatic rings. The molecule has 29 heavy (non-hydrogen) atoms. The summed E-state index contributed by atoms with van der Waals surface area (Å²) in [5, 5.41) is 0.682. The average molecular weight is 413 g/mol. The van der Waals surface area contributed by atoms with Crippen molar-refractivity contribution < 1.29 is 19.0 Å². The fourth-order valence-electron chi connectivity index (χ4n) is 3.28. The maximum absolute atomic E-state index is 13.0. The van der Waals surface area contributed by atoms with Crippen LogP contribution < -0.4 is 14.4 Å². The number of fused-ring (bicyclic) bond motifs is 1. The molecular formula is C22H24N2O4S. The minimum absolute atomic E-state index is 0.0384. The SMILES string of the molecule is CCOc1ccc(OCC(=O)N(CC2CCCO2)c2nc3ccccc3s2)cc1. The Morgan fingerprint density at radius 3 is 2.62 bits per heavy atom. The van der Waals surface area contributed by atoms with Gasteiger partial charge in [-0.3, -0.25) is 9.69 Å². The van der Waals surface area contributed by atoms with Crippen LogP contribution >= 0.6 is 11.3 Å². The largest absolute Gasteiger partial charge is 0.494 e. The summed E-state index contributed by atoms with van der Waals surface area (Å²) in [7, 11) is 0. The third kappa shape index (κ3) is 4.86. The Labute approximate surface area is 174 Å². The molecule has 0 N–H and O–H groups in total. The summed E-state index contributed by atoms with van der Waals surface area (Å²) in [5.41, 5.74) is 0.894. The number of amides is 1. The van der Waals surface area contributed by atoms with Gasteiger partial charge in [-0.05, 0) is 56.2 Å². The smallest absolute Gasteiger partial charge is 0.266 e. The van der Waals surface area contributed by atoms with E-state index in [-0.39, 0.29) is 18.6 Å². The number of hydrogen-bond acceptors (Lipinski definition) is 6. The van der Waals surface area contributed by atoms with E-state index < -0.39 is 0 Å². The van der Waals surface area contributed by atoms with E-state index in [0.717, 1.165) is 35.4 Å². The molecule has 0 saturated carbocycles. The van der Waals surface area contributed by atoms with E-state index in [1.54, 1.807) is 17.0 Å². The number of aromatic nitrogens is 1. The molecule has 2 heterocycles. The molecule has 3 aromatic rings. The first-order valence-corrected chi connectivity index (χ1v) is 10.7. The lowest BCUT2D eigenvalue weighted by molar-refractivity contribution is -0.120. The van der Waals surface area contributed by atoms with Crippen LogP contribution in [-0.4, -0.2) is 43.4 Å². The first-order valence-electron chi connectivity index (χ1n) is 9.86. The first-order chi connectivity index (χ1) is 14.2. The number of nitrogens with zero attached hydrogens (tertiary/aromatic N) is 2. The van der Waals surface area contributed by atoms with E-state index in [1.165, 1.54) is 11.3 Å². The fourth-order valence-corrected chi connectivity index (χ4v) is 4.27. The fraction of sp³-hybridized carbons (Fsp3) is 0.364. The number of carbonyl (C=O) groups is 1. The summed E-state index contributed by atoms with van der Waals surface area (Å²) in [6.07, 6.45) is 2.01. The van der Waals surface area contributed by atoms with Crippen molar-refractivity contribution in [3.8, 4) is 11.5 Å². The van der Waals surface area contributed by atoms with Gasteiger partial charge in [0, 0.05) is 6.61 Å². The van der Waals surface area contributed by atoms with Gasteiger partial charge in [0.05, 0.1) is 29.5 Å². The van der Waals surface area contributed by atoms with E-state index in [1.807, 2.05) is 43.3 Å². The summed E-state index contributed by atoms with van der Waals surface area (Å²) in [5.74, 6) is 1.28. The Balaban J connectivity index is 1.47. The summed E-state index contributed by atoms with van der Waals surface area (Å²) in [4.78, 5) is 19.4. The molecule has 0 aliphatic carbocycles. The van der Waals surface area contributed by atoms with Crippen molar-refractivity contribution in [2.45, 2.75) is 25.9 Å². The normalized spacial score (nSPS) is 16.1. The quantitative estimate of drug-likeness (QED) is 0.552. The van der Waals surface area contributed by atoms with Crippen LogP contribution in [0.15, 0.2) is 48.5 Å². The summed E-state index contributed by atoms with van der Waals surface area (Å²) < 4.78 is 18.0. The number of benzene rings is 2. The lowest BCUT2D eigenvalue weighted by Crippen LogP contribution is -2.40. The van der Waals surface area contributed by atoms with Gasteiger partial charge in [-0.2, -0.15) is 0 Å². The van der Waals surface area contributed by atoms with Crippen LogP contribution in [0.4, 0.5) is 5.13 Å². The number of hydrogen-bond donors (Lipinski definition) is 0. The van der Waals surface area contributed by atoms with Gasteiger partial charge in [-0.1, -0.05) is 23.5 Å². The van der Waals surface area contributed by atoms with E-state index in [0.29, 0.717) is 24.0 Å². The summed E-state index contributed by atoms with van der Waals surface area (Å²) in [6, 6.07) is 15.2. The van der Waals surface area contributed by atoms with Crippen molar-refractivity contribution in [3.63, 3.8) is 0 Å². The van der Waals surface area contributed by atoms with Crippen LogP contribution in [0.25, 0.3) is 10.2 Å². The molecule has 1 atom stereocenters. The molecule has 1 unspecified atom stereocenters. The highest BCUT2D eigenvalue weighted by Gasteiger charge is 2.26. The molecule has 2 aromatic carbocycles. The molecular weight excluding hydrogens is 388 g/mol. The van der Waals surface area contributed by atoms with Crippen LogP contribution in [0.2, 0.25) is 0 Å². The van der Waals surface area contributed by atoms with Gasteiger partial charge in [-0.25, -0.2) is 4.98 Å². The van der Waals surface area contributed by atoms with Crippen molar-refractivity contribution in [3.05, 3.63) is 48.5 Å². The van der Waals surface area contributed by atoms with E-state index in [4.69, 9.17) is 14.2 Å². The molecule has 152 valence electrons. The molecule has 1 aliphatic heterocycles. The van der Waals surface area contributed by atoms with Crippen molar-refractivity contribution in [2.24, 2.45) is 0 Å². The Morgan fingerprint density at radius 2 is 1.93 bits per heavy atom. The van der Waals surface area contributed by atoms with Crippen molar-refractivity contribution in [2.75, 3.05) is 31.3 Å². The highest BCUT2D eigenvalue weighted by Crippen LogP contribution is 2.30. The van der Waals surface area contributed by atoms with E-state index in [9.17, 15) is 4.79 Å². The number of ether oxygens (including phenoxy) is 3. The topological polar surface area (TPSA) is 60.9 Å². The highest BCUT2D eigenvalue weighted by atomic mass is 32.1. The number of anilines is 1. The van der Waals surface area contributed by atoms with Crippen molar-refractivity contribution in [1.82, 2.24) is 4.98 Å². The lowest BCUT2D eigenvalue weighted by atomic mass is 10.2. The van der Waals surface area contributed by atoms with Gasteiger partial charge < -0.3 is 14.2 Å². The molecule has 0 radical (unpaired) electrons. The monoisotopic (exact) mass is 412 g/mol. The lowest BCUT2D eigenvalue weighted by Gasteiger charge is -2.23. The zero-order valence-corrected chi connectivity index (χ0v) is 17.2. The van der Waals surface area contributed by atoms with Crippen LogP contribution in [0.5, 0.6) is 11.5 Å². The van der Waals surface area contributed by atoms with Crippen LogP contribution in [0.3, 0.4) is 0 Å². The van der Waals surface area contributed by atoms with Gasteiger partial charge in [0.1, 0.15) is 11.5 Å². The zero-order valence-electron chi connectivity index (χ0n) is 16.4. The Kier molecular flexibility index (Phi) is 6.27. The molecule has 0 spiro atoms. The maximum atomic E-state index is 13.0. The second-order valence-corrected chi connectivity index (χ2v) is 7.81. The molecule has 6 nitrogen and oxygen atoms in total. The van der Waals surface area contributed by atoms with Gasteiger partial charge >= 0.3 is 0 Å². The number of thiazole rings is 1. The van der Waals surface area contributed by atoms with Gasteiger partial charge in [0.25, 0.3) is 5.91 Å². The molecule has 1 aromatic heterocycles. The summed E-state index contributed by atoms with van der Waals surface area (Å²) in [6.45, 7) is 3.73. The molecule has 1 saturated heterocycles. The van der Waals surface area contributed by atoms with Crippen molar-refractivity contribution in [1.29, 1.82) is 0 Å². The predicted octanol–water partition coefficient (Wildman–Crippen LogP) is 4.29. The first kappa shape index (κ1) is 19.7. The third-order valence-electron chi connectivity index (χ3n) is 4.72. The maximum Gasteiger partial charge on any atom is 0.266 e. The summed E-state index contributed by atoms with van der Waals surface area (Å²) >= 11 is 1.51. The molecule has 1 amide bonds. The van der Waals surface area contributed by atoms with E-state index >= 15 is 0 Å². The molecule has 7 heteroatoms. The van der Waals surface area contributed by atoms with E-state index in [2.05, 4.69) is 4.98 Å². The van der Waals surface area contributed by atoms with Crippen LogP contribution in [0, 0.1) is 0 Å². The zero-order chi connectivity index (χ0) is 20.1. The standard InChI is InChI=1S/C22H24N2O4S/c1-2-26-16-9-11-17(12-10-16)28-15-21(25)24(14-18-6-5-13-27-18)22-23-19-7-3-4-8-20(19)29-22/h3-4,7-12,18H,2,5-6,13-15H2,1H3. The highest BCUT2D eigenvalue weighted by molar-refractivity contribution is 7.22. The molecule has 0 bridgehead atoms. The molecule has 1 fully saturated rings. The van der Waals surface area contributed by atoms with Gasteiger partial charge in [0.15, 0.2) is 11.7 Å². The van der Waals surface area contributed by atoms with Crippen LogP contribution in [-0.2, 0) is 9.53 Å². The second kappa shape index (κ2) is 9.24. The Bertz CT molecular complexity index is 918. The van der Waals surface area contributed by atoms with Gasteiger partial charge in [-0.15, -0.1) is 0 Å². The third-order valence-corrected chi connectivity index (χ3v) is 5.78. The average Bonchev–Trinajstić information content (AvgIpc) is 3.41. The molecule has 4 rings (SSSR count). The van der Waals surface area contributed by atoms with Crippen LogP contribution in [0.1, 0.15) is 19.8 Å². The number of carbonyl (C=O) groups excluding carboxylic acids is 1. The number of rotatable bonds is 8. The second-order valence-electron chi connectivity index (χ2n) is 6.80. The minimum Gasteiger partial charge on any atom is -0.494 e. The van der Waals surface area contributed by atoms with Crippen molar-refractivity contribution >= 4 is 32.6 Å². The predicted molar refractivity (Wildman–Crippen MR) is 114 cm³/mol. The van der Waals surface area contributed by atoms with Gasteiger partial charge in [0.2, 0.25) is 0 Å². The Morgan fingerprint density at radius 1 is 1.17 bits per heavy atom. The number of para-hydroxylation sites is 1. The Hall–Kier alpha value is -2.64. The minimum atomic E-state index is -0.131.